The SMILES string of the molecule is CC(C)C(N)CCN(C)C(=O)CCCc1nc(-c2cccs2)no1.Cl. The summed E-state index contributed by atoms with van der Waals surface area (Å²) >= 11 is 1.58. The molecule has 140 valence electrons. The molecule has 2 N–H and O–H groups in total. The molecular formula is C17H27ClN4O2S. The van der Waals surface area contributed by atoms with Gasteiger partial charge in [0, 0.05) is 32.5 Å². The van der Waals surface area contributed by atoms with Crippen LogP contribution in [0.5, 0.6) is 0 Å². The van der Waals surface area contributed by atoms with Crippen molar-refractivity contribution in [2.45, 2.75) is 45.6 Å². The van der Waals surface area contributed by atoms with E-state index < -0.39 is 0 Å². The summed E-state index contributed by atoms with van der Waals surface area (Å²) in [7, 11) is 1.83. The molecule has 1 atom stereocenters. The molecule has 1 amide bonds. The standard InChI is InChI=1S/C17H26N4O2S.ClH/c1-12(2)13(18)9-10-21(3)16(22)8-4-7-15-19-17(20-23-15)14-6-5-11-24-14;/h5-6,11-13H,4,7-10,18H2,1-3H3;1H. The minimum Gasteiger partial charge on any atom is -0.346 e. The lowest BCUT2D eigenvalue weighted by Gasteiger charge is -2.21. The largest absolute Gasteiger partial charge is 0.346 e. The maximum Gasteiger partial charge on any atom is 0.226 e. The number of aryl methyl sites for hydroxylation is 1. The van der Waals surface area contributed by atoms with E-state index in [1.54, 1.807) is 16.2 Å². The van der Waals surface area contributed by atoms with Gasteiger partial charge < -0.3 is 15.2 Å². The fourth-order valence-electron chi connectivity index (χ4n) is 2.24. The molecule has 0 spiro atoms. The zero-order valence-electron chi connectivity index (χ0n) is 15.0. The van der Waals surface area contributed by atoms with E-state index in [2.05, 4.69) is 24.0 Å². The van der Waals surface area contributed by atoms with E-state index in [4.69, 9.17) is 10.3 Å². The van der Waals surface area contributed by atoms with Crippen LogP contribution in [0.1, 0.15) is 39.0 Å². The van der Waals surface area contributed by atoms with Gasteiger partial charge in [-0.15, -0.1) is 23.7 Å². The highest BCUT2D eigenvalue weighted by atomic mass is 35.5. The Morgan fingerprint density at radius 1 is 1.44 bits per heavy atom. The van der Waals surface area contributed by atoms with Crippen LogP contribution < -0.4 is 5.73 Å². The van der Waals surface area contributed by atoms with Crippen LogP contribution in [0.3, 0.4) is 0 Å². The van der Waals surface area contributed by atoms with Crippen molar-refractivity contribution >= 4 is 29.7 Å². The lowest BCUT2D eigenvalue weighted by molar-refractivity contribution is -0.130. The molecule has 0 aliphatic rings. The number of halogens is 1. The van der Waals surface area contributed by atoms with E-state index in [-0.39, 0.29) is 24.4 Å². The molecule has 0 saturated heterocycles. The summed E-state index contributed by atoms with van der Waals surface area (Å²) in [6.45, 7) is 4.89. The van der Waals surface area contributed by atoms with Gasteiger partial charge in [0.05, 0.1) is 4.88 Å². The molecule has 6 nitrogen and oxygen atoms in total. The Morgan fingerprint density at radius 3 is 2.84 bits per heavy atom. The van der Waals surface area contributed by atoms with Crippen LogP contribution in [0.15, 0.2) is 22.0 Å². The Kier molecular flexibility index (Phi) is 9.10. The number of nitrogens with two attached hydrogens (primary N) is 1. The summed E-state index contributed by atoms with van der Waals surface area (Å²) in [5.74, 6) is 1.76. The number of amides is 1. The van der Waals surface area contributed by atoms with E-state index in [1.807, 2.05) is 24.6 Å². The molecular weight excluding hydrogens is 360 g/mol. The summed E-state index contributed by atoms with van der Waals surface area (Å²) in [4.78, 5) is 19.2. The van der Waals surface area contributed by atoms with Gasteiger partial charge in [-0.2, -0.15) is 4.98 Å². The number of rotatable bonds is 9. The highest BCUT2D eigenvalue weighted by Crippen LogP contribution is 2.21. The second-order valence-electron chi connectivity index (χ2n) is 6.35. The van der Waals surface area contributed by atoms with Gasteiger partial charge in [0.15, 0.2) is 0 Å². The molecule has 2 aromatic heterocycles. The number of hydrogen-bond donors (Lipinski definition) is 1. The van der Waals surface area contributed by atoms with Gasteiger partial charge in [-0.3, -0.25) is 4.79 Å². The van der Waals surface area contributed by atoms with Crippen LogP contribution >= 0.6 is 23.7 Å². The minimum atomic E-state index is 0. The average molecular weight is 387 g/mol. The fraction of sp³-hybridized carbons (Fsp3) is 0.588. The Hall–Kier alpha value is -1.44. The number of carbonyl (C=O) groups excluding carboxylic acids is 1. The maximum absolute atomic E-state index is 12.1. The van der Waals surface area contributed by atoms with Crippen molar-refractivity contribution < 1.29 is 9.32 Å². The molecule has 2 heterocycles. The normalized spacial score (nSPS) is 12.0. The van der Waals surface area contributed by atoms with Crippen LogP contribution in [-0.2, 0) is 11.2 Å². The first-order valence-corrected chi connectivity index (χ1v) is 9.21. The van der Waals surface area contributed by atoms with Gasteiger partial charge in [-0.25, -0.2) is 0 Å². The highest BCUT2D eigenvalue weighted by molar-refractivity contribution is 7.13. The molecule has 0 saturated carbocycles. The molecule has 0 aliphatic carbocycles. The smallest absolute Gasteiger partial charge is 0.226 e. The minimum absolute atomic E-state index is 0. The topological polar surface area (TPSA) is 85.2 Å². The Morgan fingerprint density at radius 2 is 2.20 bits per heavy atom. The lowest BCUT2D eigenvalue weighted by Crippen LogP contribution is -2.34. The van der Waals surface area contributed by atoms with E-state index in [0.717, 1.165) is 11.3 Å². The van der Waals surface area contributed by atoms with Crippen LogP contribution in [0.4, 0.5) is 0 Å². The third-order valence-corrected chi connectivity index (χ3v) is 4.94. The summed E-state index contributed by atoms with van der Waals surface area (Å²) in [6.07, 6.45) is 2.62. The van der Waals surface area contributed by atoms with Gasteiger partial charge in [0.2, 0.25) is 17.6 Å². The van der Waals surface area contributed by atoms with Gasteiger partial charge >= 0.3 is 0 Å². The maximum atomic E-state index is 12.1. The first-order chi connectivity index (χ1) is 11.5. The first-order valence-electron chi connectivity index (χ1n) is 8.33. The van der Waals surface area contributed by atoms with E-state index in [0.29, 0.717) is 43.4 Å². The van der Waals surface area contributed by atoms with Gasteiger partial charge in [-0.1, -0.05) is 25.1 Å². The molecule has 25 heavy (non-hydrogen) atoms. The lowest BCUT2D eigenvalue weighted by atomic mass is 10.0. The fourth-order valence-corrected chi connectivity index (χ4v) is 2.89. The number of nitrogens with zero attached hydrogens (tertiary/aromatic N) is 3. The third kappa shape index (κ3) is 6.76. The van der Waals surface area contributed by atoms with Crippen molar-refractivity contribution in [3.05, 3.63) is 23.4 Å². The molecule has 2 aromatic rings. The molecule has 0 radical (unpaired) electrons. The molecule has 0 aliphatic heterocycles. The second kappa shape index (κ2) is 10.5. The van der Waals surface area contributed by atoms with E-state index in [9.17, 15) is 4.79 Å². The quantitative estimate of drug-likeness (QED) is 0.714. The van der Waals surface area contributed by atoms with Gasteiger partial charge in [-0.05, 0) is 30.2 Å². The molecule has 8 heteroatoms. The zero-order valence-corrected chi connectivity index (χ0v) is 16.6. The van der Waals surface area contributed by atoms with Crippen LogP contribution in [0.2, 0.25) is 0 Å². The summed E-state index contributed by atoms with van der Waals surface area (Å²) in [6, 6.07) is 4.05. The van der Waals surface area contributed by atoms with Gasteiger partial charge in [0.1, 0.15) is 0 Å². The molecule has 0 fully saturated rings. The summed E-state index contributed by atoms with van der Waals surface area (Å²) < 4.78 is 5.24. The van der Waals surface area contributed by atoms with Crippen molar-refractivity contribution in [2.24, 2.45) is 11.7 Å². The van der Waals surface area contributed by atoms with Crippen molar-refractivity contribution in [3.63, 3.8) is 0 Å². The Balaban J connectivity index is 0.00000312. The van der Waals surface area contributed by atoms with Crippen molar-refractivity contribution in [1.29, 1.82) is 0 Å². The Bertz CT molecular complexity index is 630. The van der Waals surface area contributed by atoms with Crippen LogP contribution in [0.25, 0.3) is 10.7 Å². The molecule has 0 aromatic carbocycles. The third-order valence-electron chi connectivity index (χ3n) is 4.07. The summed E-state index contributed by atoms with van der Waals surface area (Å²) in [5.41, 5.74) is 6.02. The molecule has 2 rings (SSSR count). The van der Waals surface area contributed by atoms with E-state index >= 15 is 0 Å². The van der Waals surface area contributed by atoms with Crippen molar-refractivity contribution in [1.82, 2.24) is 15.0 Å². The van der Waals surface area contributed by atoms with E-state index in [1.165, 1.54) is 0 Å². The van der Waals surface area contributed by atoms with Gasteiger partial charge in [0.25, 0.3) is 0 Å². The molecule has 0 bridgehead atoms. The van der Waals surface area contributed by atoms with Crippen molar-refractivity contribution in [2.75, 3.05) is 13.6 Å². The number of aromatic nitrogens is 2. The number of carbonyl (C=O) groups is 1. The number of thiophene rings is 1. The predicted molar refractivity (Wildman–Crippen MR) is 103 cm³/mol. The number of hydrogen-bond acceptors (Lipinski definition) is 6. The second-order valence-corrected chi connectivity index (χ2v) is 7.30. The van der Waals surface area contributed by atoms with Crippen LogP contribution in [0, 0.1) is 5.92 Å². The monoisotopic (exact) mass is 386 g/mol. The average Bonchev–Trinajstić information content (AvgIpc) is 3.22. The molecule has 1 unspecified atom stereocenters. The van der Waals surface area contributed by atoms with Crippen molar-refractivity contribution in [3.8, 4) is 10.7 Å². The Labute approximate surface area is 159 Å². The zero-order chi connectivity index (χ0) is 17.5. The summed E-state index contributed by atoms with van der Waals surface area (Å²) in [5, 5.41) is 5.95. The van der Waals surface area contributed by atoms with Crippen LogP contribution in [-0.4, -0.2) is 40.6 Å². The first kappa shape index (κ1) is 21.6. The highest BCUT2D eigenvalue weighted by Gasteiger charge is 2.14. The predicted octanol–water partition coefficient (Wildman–Crippen LogP) is 3.37.